The van der Waals surface area contributed by atoms with Crippen LogP contribution in [0.1, 0.15) is 81.3 Å². The molecule has 3 aromatic rings. The number of hydrogen-bond acceptors (Lipinski definition) is 6. The zero-order chi connectivity index (χ0) is 25.9. The van der Waals surface area contributed by atoms with Gasteiger partial charge in [0.25, 0.3) is 0 Å². The van der Waals surface area contributed by atoms with Crippen molar-refractivity contribution in [3.63, 3.8) is 0 Å². The molecular formula is C30H41NO5. The van der Waals surface area contributed by atoms with Crippen LogP contribution in [0.5, 0.6) is 11.5 Å². The van der Waals surface area contributed by atoms with Crippen LogP contribution >= 0.6 is 0 Å². The summed E-state index contributed by atoms with van der Waals surface area (Å²) in [6, 6.07) is 8.29. The first-order valence-electron chi connectivity index (χ1n) is 13.4. The summed E-state index contributed by atoms with van der Waals surface area (Å²) in [4.78, 5) is 11.8. The number of rotatable bonds is 15. The monoisotopic (exact) mass is 495 g/mol. The molecule has 1 heterocycles. The van der Waals surface area contributed by atoms with Crippen molar-refractivity contribution in [2.24, 2.45) is 0 Å². The Morgan fingerprint density at radius 3 is 2.19 bits per heavy atom. The number of aryl methyl sites for hydroxylation is 4. The van der Waals surface area contributed by atoms with Crippen molar-refractivity contribution < 1.29 is 23.5 Å². The molecule has 0 amide bonds. The number of esters is 1. The number of carbonyl (C=O) groups is 1. The largest absolute Gasteiger partial charge is 0.493 e. The van der Waals surface area contributed by atoms with Gasteiger partial charge in [0.15, 0.2) is 5.58 Å². The number of carbonyl (C=O) groups excluding carboxylic acids is 1. The first-order valence-corrected chi connectivity index (χ1v) is 13.4. The second kappa shape index (κ2) is 13.9. The summed E-state index contributed by atoms with van der Waals surface area (Å²) in [6.45, 7) is 9.69. The lowest BCUT2D eigenvalue weighted by Gasteiger charge is -2.18. The van der Waals surface area contributed by atoms with Crippen LogP contribution in [0.4, 0.5) is 0 Å². The maximum Gasteiger partial charge on any atom is 0.309 e. The van der Waals surface area contributed by atoms with Gasteiger partial charge < -0.3 is 18.7 Å². The van der Waals surface area contributed by atoms with Gasteiger partial charge in [-0.25, -0.2) is 0 Å². The van der Waals surface area contributed by atoms with Gasteiger partial charge in [0, 0.05) is 17.4 Å². The van der Waals surface area contributed by atoms with Gasteiger partial charge in [0.2, 0.25) is 0 Å². The quantitative estimate of drug-likeness (QED) is 0.170. The van der Waals surface area contributed by atoms with Crippen molar-refractivity contribution in [1.29, 1.82) is 0 Å². The Morgan fingerprint density at radius 1 is 0.917 bits per heavy atom. The minimum atomic E-state index is -0.220. The highest BCUT2D eigenvalue weighted by Crippen LogP contribution is 2.32. The molecule has 1 aromatic heterocycles. The van der Waals surface area contributed by atoms with E-state index in [1.54, 1.807) is 0 Å². The van der Waals surface area contributed by atoms with Gasteiger partial charge in [-0.15, -0.1) is 0 Å². The van der Waals surface area contributed by atoms with Gasteiger partial charge in [0.05, 0.1) is 32.4 Å². The molecule has 0 aliphatic rings. The molecule has 0 unspecified atom stereocenters. The second-order valence-corrected chi connectivity index (χ2v) is 9.20. The van der Waals surface area contributed by atoms with Gasteiger partial charge >= 0.3 is 5.97 Å². The fraction of sp³-hybridized carbons (Fsp3) is 0.533. The van der Waals surface area contributed by atoms with Gasteiger partial charge in [-0.1, -0.05) is 64.2 Å². The molecule has 0 aliphatic heterocycles. The van der Waals surface area contributed by atoms with Crippen molar-refractivity contribution in [3.8, 4) is 11.5 Å². The summed E-state index contributed by atoms with van der Waals surface area (Å²) >= 11 is 0. The van der Waals surface area contributed by atoms with E-state index in [0.717, 1.165) is 102 Å². The van der Waals surface area contributed by atoms with Crippen molar-refractivity contribution in [2.45, 2.75) is 85.5 Å². The normalized spacial score (nSPS) is 11.1. The maximum atomic E-state index is 11.8. The van der Waals surface area contributed by atoms with Gasteiger partial charge in [-0.3, -0.25) is 4.79 Å². The van der Waals surface area contributed by atoms with E-state index in [1.807, 2.05) is 6.07 Å². The average molecular weight is 496 g/mol. The van der Waals surface area contributed by atoms with Crippen LogP contribution in [0.3, 0.4) is 0 Å². The highest BCUT2D eigenvalue weighted by molar-refractivity contribution is 5.84. The molecule has 0 bridgehead atoms. The highest BCUT2D eigenvalue weighted by Gasteiger charge is 2.16. The third kappa shape index (κ3) is 6.80. The summed E-state index contributed by atoms with van der Waals surface area (Å²) in [5, 5.41) is 5.32. The van der Waals surface area contributed by atoms with Crippen LogP contribution in [-0.4, -0.2) is 31.4 Å². The SMILES string of the molecule is CCCc1cc(CC(=O)OC)cc(CCC)c1OCCCOc1ccc2c(CC)noc2c1CCC. The Bertz CT molecular complexity index is 1110. The Hall–Kier alpha value is -3.02. The zero-order valence-corrected chi connectivity index (χ0v) is 22.6. The third-order valence-electron chi connectivity index (χ3n) is 6.32. The molecule has 0 atom stereocenters. The van der Waals surface area contributed by atoms with E-state index < -0.39 is 0 Å². The lowest BCUT2D eigenvalue weighted by Crippen LogP contribution is -2.10. The van der Waals surface area contributed by atoms with Crippen LogP contribution in [0.25, 0.3) is 11.0 Å². The first kappa shape index (κ1) is 27.6. The molecule has 0 aliphatic carbocycles. The van der Waals surface area contributed by atoms with E-state index in [4.69, 9.17) is 18.7 Å². The Morgan fingerprint density at radius 2 is 1.58 bits per heavy atom. The maximum absolute atomic E-state index is 11.8. The molecule has 196 valence electrons. The van der Waals surface area contributed by atoms with Crippen molar-refractivity contribution in [2.75, 3.05) is 20.3 Å². The number of fused-ring (bicyclic) bond motifs is 1. The number of nitrogens with zero attached hydrogens (tertiary/aromatic N) is 1. The summed E-state index contributed by atoms with van der Waals surface area (Å²) < 4.78 is 23.1. The van der Waals surface area contributed by atoms with Crippen LogP contribution in [0.15, 0.2) is 28.8 Å². The topological polar surface area (TPSA) is 70.8 Å². The van der Waals surface area contributed by atoms with Crippen molar-refractivity contribution in [1.82, 2.24) is 5.16 Å². The van der Waals surface area contributed by atoms with E-state index in [9.17, 15) is 4.79 Å². The highest BCUT2D eigenvalue weighted by atomic mass is 16.5. The molecule has 0 N–H and O–H groups in total. The zero-order valence-electron chi connectivity index (χ0n) is 22.6. The van der Waals surface area contributed by atoms with Crippen LogP contribution in [0.2, 0.25) is 0 Å². The summed E-state index contributed by atoms with van der Waals surface area (Å²) in [5.41, 5.74) is 6.25. The van der Waals surface area contributed by atoms with E-state index in [2.05, 4.69) is 51.1 Å². The fourth-order valence-corrected chi connectivity index (χ4v) is 4.65. The predicted octanol–water partition coefficient (Wildman–Crippen LogP) is 6.81. The van der Waals surface area contributed by atoms with Gasteiger partial charge in [-0.2, -0.15) is 0 Å². The third-order valence-corrected chi connectivity index (χ3v) is 6.32. The molecular weight excluding hydrogens is 454 g/mol. The van der Waals surface area contributed by atoms with Crippen molar-refractivity contribution in [3.05, 3.63) is 52.2 Å². The summed E-state index contributed by atoms with van der Waals surface area (Å²) in [5.74, 6) is 1.62. The lowest BCUT2D eigenvalue weighted by molar-refractivity contribution is -0.139. The summed E-state index contributed by atoms with van der Waals surface area (Å²) in [7, 11) is 1.43. The number of aromatic nitrogens is 1. The number of hydrogen-bond donors (Lipinski definition) is 0. The average Bonchev–Trinajstić information content (AvgIpc) is 3.30. The van der Waals surface area contributed by atoms with E-state index in [-0.39, 0.29) is 12.4 Å². The van der Waals surface area contributed by atoms with Crippen molar-refractivity contribution >= 4 is 16.9 Å². The molecule has 0 radical (unpaired) electrons. The lowest BCUT2D eigenvalue weighted by atomic mass is 9.97. The Kier molecular flexibility index (Phi) is 10.6. The fourth-order valence-electron chi connectivity index (χ4n) is 4.65. The standard InChI is InChI=1S/C30H41NO5/c1-6-11-22-18-21(20-28(32)33-5)19-23(12-7-2)29(22)35-17-10-16-34-27-15-14-24-26(9-4)31-36-30(24)25(27)13-8-3/h14-15,18-19H,6-13,16-17,20H2,1-5H3. The molecule has 3 rings (SSSR count). The second-order valence-electron chi connectivity index (χ2n) is 9.20. The molecule has 6 heteroatoms. The molecule has 36 heavy (non-hydrogen) atoms. The van der Waals surface area contributed by atoms with Crippen LogP contribution in [0, 0.1) is 0 Å². The van der Waals surface area contributed by atoms with E-state index >= 15 is 0 Å². The van der Waals surface area contributed by atoms with Crippen LogP contribution < -0.4 is 9.47 Å². The Balaban J connectivity index is 1.68. The van der Waals surface area contributed by atoms with E-state index in [1.165, 1.54) is 7.11 Å². The number of methoxy groups -OCH3 is 1. The van der Waals surface area contributed by atoms with E-state index in [0.29, 0.717) is 13.2 Å². The molecule has 0 saturated carbocycles. The predicted molar refractivity (Wildman–Crippen MR) is 143 cm³/mol. The Labute approximate surface area is 215 Å². The minimum Gasteiger partial charge on any atom is -0.493 e. The minimum absolute atomic E-state index is 0.220. The first-order chi connectivity index (χ1) is 17.6. The smallest absolute Gasteiger partial charge is 0.309 e. The number of ether oxygens (including phenoxy) is 3. The van der Waals surface area contributed by atoms with Crippen LogP contribution in [-0.2, 0) is 41.6 Å². The molecule has 0 fully saturated rings. The number of benzene rings is 2. The molecule has 2 aromatic carbocycles. The van der Waals surface area contributed by atoms with Gasteiger partial charge in [0.1, 0.15) is 11.5 Å². The van der Waals surface area contributed by atoms with Gasteiger partial charge in [-0.05, 0) is 54.5 Å². The molecule has 0 spiro atoms. The molecule has 6 nitrogen and oxygen atoms in total. The summed E-state index contributed by atoms with van der Waals surface area (Å²) in [6.07, 6.45) is 7.64. The molecule has 0 saturated heterocycles.